The number of hydrogen-bond acceptors (Lipinski definition) is 2. The Bertz CT molecular complexity index is 877. The Hall–Kier alpha value is -2.31. The van der Waals surface area contributed by atoms with Crippen LogP contribution in [-0.2, 0) is 17.5 Å². The molecule has 0 aliphatic heterocycles. The van der Waals surface area contributed by atoms with E-state index in [1.807, 2.05) is 41.1 Å². The summed E-state index contributed by atoms with van der Waals surface area (Å²) in [5.74, 6) is 0.0800. The van der Waals surface area contributed by atoms with Crippen molar-refractivity contribution in [2.24, 2.45) is 5.14 Å². The fraction of sp³-hybridized carbons (Fsp3) is 0.167. The molecular formula is C18H18FN3OS. The molecule has 0 aliphatic rings. The summed E-state index contributed by atoms with van der Waals surface area (Å²) >= 11 is 0. The summed E-state index contributed by atoms with van der Waals surface area (Å²) in [6, 6.07) is 14.1. The van der Waals surface area contributed by atoms with Crippen LogP contribution in [-0.4, -0.2) is 13.8 Å². The van der Waals surface area contributed by atoms with Gasteiger partial charge in [-0.2, -0.15) is 0 Å². The van der Waals surface area contributed by atoms with Gasteiger partial charge in [0.2, 0.25) is 0 Å². The van der Waals surface area contributed by atoms with Crippen LogP contribution in [0.1, 0.15) is 13.3 Å². The van der Waals surface area contributed by atoms with Crippen LogP contribution >= 0.6 is 0 Å². The van der Waals surface area contributed by atoms with Gasteiger partial charge in [-0.25, -0.2) is 18.7 Å². The number of benzene rings is 2. The fourth-order valence-corrected chi connectivity index (χ4v) is 3.01. The van der Waals surface area contributed by atoms with Gasteiger partial charge in [-0.3, -0.25) is 0 Å². The van der Waals surface area contributed by atoms with E-state index >= 15 is 0 Å². The molecule has 1 atom stereocenters. The normalized spacial score (nSPS) is 12.3. The van der Waals surface area contributed by atoms with Crippen LogP contribution in [0.15, 0.2) is 59.6 Å². The number of rotatable bonds is 5. The third-order valence-corrected chi connectivity index (χ3v) is 4.44. The molecule has 1 heterocycles. The molecule has 2 aromatic carbocycles. The lowest BCUT2D eigenvalue weighted by molar-refractivity contribution is 0.619. The Morgan fingerprint density at radius 2 is 1.96 bits per heavy atom. The Balaban J connectivity index is 2.10. The quantitative estimate of drug-likeness (QED) is 0.767. The number of halogens is 1. The topological polar surface area (TPSA) is 60.9 Å². The van der Waals surface area contributed by atoms with Gasteiger partial charge in [0.15, 0.2) is 0 Å². The average Bonchev–Trinajstić information content (AvgIpc) is 2.99. The number of aryl methyl sites for hydroxylation is 1. The van der Waals surface area contributed by atoms with Crippen molar-refractivity contribution in [2.75, 3.05) is 0 Å². The molecular weight excluding hydrogens is 325 g/mol. The summed E-state index contributed by atoms with van der Waals surface area (Å²) in [4.78, 5) is 4.88. The Kier molecular flexibility index (Phi) is 4.87. The van der Waals surface area contributed by atoms with E-state index in [4.69, 9.17) is 5.14 Å². The fourth-order valence-electron chi connectivity index (χ4n) is 2.59. The lowest BCUT2D eigenvalue weighted by atomic mass is 10.2. The largest absolute Gasteiger partial charge is 0.330 e. The zero-order valence-corrected chi connectivity index (χ0v) is 14.1. The molecule has 6 heteroatoms. The molecule has 1 unspecified atom stereocenters. The molecule has 0 spiro atoms. The SMILES string of the molecule is CCCn1cc(-c2ccccc2)nc1-c1ccc(S(N)=O)cc1F. The zero-order chi connectivity index (χ0) is 17.1. The van der Waals surface area contributed by atoms with Gasteiger partial charge in [-0.05, 0) is 24.6 Å². The first-order chi connectivity index (χ1) is 11.6. The molecule has 0 saturated carbocycles. The second-order valence-corrected chi connectivity index (χ2v) is 6.51. The van der Waals surface area contributed by atoms with E-state index in [-0.39, 0.29) is 4.90 Å². The summed E-state index contributed by atoms with van der Waals surface area (Å²) in [5.41, 5.74) is 2.15. The van der Waals surface area contributed by atoms with Gasteiger partial charge in [0.1, 0.15) is 22.6 Å². The van der Waals surface area contributed by atoms with Gasteiger partial charge < -0.3 is 4.57 Å². The molecule has 124 valence electrons. The summed E-state index contributed by atoms with van der Waals surface area (Å²) in [6.07, 6.45) is 2.84. The Morgan fingerprint density at radius 3 is 2.58 bits per heavy atom. The van der Waals surface area contributed by atoms with Crippen LogP contribution < -0.4 is 5.14 Å². The van der Waals surface area contributed by atoms with Crippen molar-refractivity contribution < 1.29 is 8.60 Å². The highest BCUT2D eigenvalue weighted by molar-refractivity contribution is 7.82. The van der Waals surface area contributed by atoms with Crippen LogP contribution in [0.5, 0.6) is 0 Å². The first kappa shape index (κ1) is 16.5. The van der Waals surface area contributed by atoms with E-state index in [1.165, 1.54) is 6.07 Å². The Morgan fingerprint density at radius 1 is 1.21 bits per heavy atom. The molecule has 0 aliphatic carbocycles. The van der Waals surface area contributed by atoms with Crippen molar-refractivity contribution in [1.29, 1.82) is 0 Å². The van der Waals surface area contributed by atoms with E-state index in [9.17, 15) is 8.60 Å². The molecule has 3 rings (SSSR count). The lowest BCUT2D eigenvalue weighted by Crippen LogP contribution is -2.04. The predicted octanol–water partition coefficient (Wildman–Crippen LogP) is 3.75. The molecule has 0 saturated heterocycles. The predicted molar refractivity (Wildman–Crippen MR) is 93.9 cm³/mol. The highest BCUT2D eigenvalue weighted by atomic mass is 32.2. The summed E-state index contributed by atoms with van der Waals surface area (Å²) in [7, 11) is -1.70. The van der Waals surface area contributed by atoms with Gasteiger partial charge in [-0.1, -0.05) is 37.3 Å². The van der Waals surface area contributed by atoms with E-state index in [1.54, 1.807) is 12.1 Å². The third-order valence-electron chi connectivity index (χ3n) is 3.72. The van der Waals surface area contributed by atoms with Crippen LogP contribution in [0.4, 0.5) is 4.39 Å². The van der Waals surface area contributed by atoms with Crippen molar-refractivity contribution in [2.45, 2.75) is 24.8 Å². The van der Waals surface area contributed by atoms with Gasteiger partial charge in [0, 0.05) is 18.3 Å². The first-order valence-electron chi connectivity index (χ1n) is 7.69. The minimum absolute atomic E-state index is 0.258. The molecule has 1 aromatic heterocycles. The molecule has 0 amide bonds. The van der Waals surface area contributed by atoms with Crippen molar-refractivity contribution in [3.8, 4) is 22.6 Å². The maximum atomic E-state index is 14.5. The maximum Gasteiger partial charge on any atom is 0.143 e. The maximum absolute atomic E-state index is 14.5. The van der Waals surface area contributed by atoms with Crippen LogP contribution in [0.25, 0.3) is 22.6 Å². The molecule has 0 radical (unpaired) electrons. The van der Waals surface area contributed by atoms with Gasteiger partial charge in [0.25, 0.3) is 0 Å². The lowest BCUT2D eigenvalue weighted by Gasteiger charge is -2.07. The average molecular weight is 343 g/mol. The van der Waals surface area contributed by atoms with Crippen molar-refractivity contribution in [1.82, 2.24) is 9.55 Å². The molecule has 3 aromatic rings. The van der Waals surface area contributed by atoms with Gasteiger partial charge >= 0.3 is 0 Å². The smallest absolute Gasteiger partial charge is 0.143 e. The third kappa shape index (κ3) is 3.29. The van der Waals surface area contributed by atoms with E-state index < -0.39 is 16.8 Å². The Labute approximate surface area is 142 Å². The number of imidazole rings is 1. The monoisotopic (exact) mass is 343 g/mol. The van der Waals surface area contributed by atoms with E-state index in [2.05, 4.69) is 11.9 Å². The number of nitrogens with zero attached hydrogens (tertiary/aromatic N) is 2. The minimum Gasteiger partial charge on any atom is -0.330 e. The summed E-state index contributed by atoms with van der Waals surface area (Å²) < 4.78 is 27.7. The van der Waals surface area contributed by atoms with Crippen LogP contribution in [0.2, 0.25) is 0 Å². The van der Waals surface area contributed by atoms with E-state index in [0.29, 0.717) is 11.4 Å². The molecule has 4 nitrogen and oxygen atoms in total. The standard InChI is InChI=1S/C18H18FN3OS/c1-2-10-22-12-17(13-6-4-3-5-7-13)21-18(22)15-9-8-14(24(20)23)11-16(15)19/h3-9,11-12H,2,10,20H2,1H3. The summed E-state index contributed by atoms with van der Waals surface area (Å²) in [6.45, 7) is 2.79. The molecule has 2 N–H and O–H groups in total. The van der Waals surface area contributed by atoms with Crippen molar-refractivity contribution in [3.05, 3.63) is 60.5 Å². The zero-order valence-electron chi connectivity index (χ0n) is 13.3. The van der Waals surface area contributed by atoms with Crippen molar-refractivity contribution in [3.63, 3.8) is 0 Å². The second-order valence-electron chi connectivity index (χ2n) is 5.45. The highest BCUT2D eigenvalue weighted by Gasteiger charge is 2.16. The summed E-state index contributed by atoms with van der Waals surface area (Å²) in [5, 5.41) is 5.31. The number of hydrogen-bond donors (Lipinski definition) is 1. The van der Waals surface area contributed by atoms with E-state index in [0.717, 1.165) is 24.2 Å². The first-order valence-corrected chi connectivity index (χ1v) is 8.90. The highest BCUT2D eigenvalue weighted by Crippen LogP contribution is 2.28. The van der Waals surface area contributed by atoms with Crippen LogP contribution in [0.3, 0.4) is 0 Å². The molecule has 24 heavy (non-hydrogen) atoms. The van der Waals surface area contributed by atoms with Crippen LogP contribution in [0, 0.1) is 5.82 Å². The van der Waals surface area contributed by atoms with Gasteiger partial charge in [0.05, 0.1) is 16.2 Å². The number of aromatic nitrogens is 2. The van der Waals surface area contributed by atoms with Crippen molar-refractivity contribution >= 4 is 11.0 Å². The van der Waals surface area contributed by atoms with Gasteiger partial charge in [-0.15, -0.1) is 0 Å². The number of nitrogens with two attached hydrogens (primary N) is 1. The minimum atomic E-state index is -1.70. The molecule has 0 fully saturated rings. The molecule has 0 bridgehead atoms. The second kappa shape index (κ2) is 7.07.